The number of rotatable bonds is 6. The Balaban J connectivity index is 1.87. The molecule has 2 saturated carbocycles. The predicted molar refractivity (Wildman–Crippen MR) is 99.9 cm³/mol. The molecule has 0 spiro atoms. The van der Waals surface area contributed by atoms with Crippen molar-refractivity contribution in [2.75, 3.05) is 14.2 Å². The molecule has 0 bridgehead atoms. The van der Waals surface area contributed by atoms with E-state index in [-0.39, 0.29) is 28.6 Å². The highest BCUT2D eigenvalue weighted by Gasteiger charge is 2.32. The Morgan fingerprint density at radius 1 is 1.19 bits per heavy atom. The molecule has 1 amide bonds. The Morgan fingerprint density at radius 2 is 1.88 bits per heavy atom. The van der Waals surface area contributed by atoms with Gasteiger partial charge in [0.25, 0.3) is 5.91 Å². The van der Waals surface area contributed by atoms with Crippen LogP contribution in [-0.4, -0.2) is 45.5 Å². The van der Waals surface area contributed by atoms with Crippen LogP contribution < -0.4 is 9.46 Å². The molecule has 2 aliphatic carbocycles. The molecule has 26 heavy (non-hydrogen) atoms. The summed E-state index contributed by atoms with van der Waals surface area (Å²) in [6.07, 6.45) is 6.15. The van der Waals surface area contributed by atoms with Crippen molar-refractivity contribution in [1.82, 2.24) is 9.62 Å². The van der Waals surface area contributed by atoms with E-state index in [0.29, 0.717) is 11.5 Å². The van der Waals surface area contributed by atoms with Crippen LogP contribution in [0.15, 0.2) is 23.1 Å². The molecule has 0 heterocycles. The van der Waals surface area contributed by atoms with Crippen LogP contribution in [-0.2, 0) is 10.0 Å². The molecular formula is C19H28N2O4S. The van der Waals surface area contributed by atoms with E-state index >= 15 is 0 Å². The van der Waals surface area contributed by atoms with Gasteiger partial charge in [0.05, 0.1) is 7.11 Å². The summed E-state index contributed by atoms with van der Waals surface area (Å²) in [6, 6.07) is 4.84. The van der Waals surface area contributed by atoms with Gasteiger partial charge < -0.3 is 9.64 Å². The molecule has 1 aromatic rings. The Morgan fingerprint density at radius 3 is 2.50 bits per heavy atom. The van der Waals surface area contributed by atoms with E-state index in [1.165, 1.54) is 19.6 Å². The second kappa shape index (κ2) is 7.56. The van der Waals surface area contributed by atoms with Gasteiger partial charge in [-0.3, -0.25) is 4.79 Å². The summed E-state index contributed by atoms with van der Waals surface area (Å²) in [7, 11) is -0.454. The summed E-state index contributed by atoms with van der Waals surface area (Å²) >= 11 is 0. The van der Waals surface area contributed by atoms with E-state index in [1.54, 1.807) is 17.0 Å². The maximum Gasteiger partial charge on any atom is 0.253 e. The zero-order valence-electron chi connectivity index (χ0n) is 15.7. The quantitative estimate of drug-likeness (QED) is 0.823. The van der Waals surface area contributed by atoms with Crippen LogP contribution in [0.3, 0.4) is 0 Å². The molecule has 0 aromatic heterocycles. The second-order valence-corrected chi connectivity index (χ2v) is 9.19. The van der Waals surface area contributed by atoms with Crippen molar-refractivity contribution in [2.45, 2.75) is 62.4 Å². The minimum Gasteiger partial charge on any atom is -0.495 e. The van der Waals surface area contributed by atoms with Crippen LogP contribution >= 0.6 is 0 Å². The van der Waals surface area contributed by atoms with Crippen LogP contribution in [0.1, 0.15) is 55.8 Å². The SMILES string of the molecule is COc1ccc(C(=O)N(C)C2CCCCC2C)cc1S(=O)(=O)NC1CC1. The molecule has 7 heteroatoms. The number of amides is 1. The monoisotopic (exact) mass is 380 g/mol. The summed E-state index contributed by atoms with van der Waals surface area (Å²) < 4.78 is 33.2. The van der Waals surface area contributed by atoms with E-state index in [9.17, 15) is 13.2 Å². The van der Waals surface area contributed by atoms with Gasteiger partial charge in [0.2, 0.25) is 10.0 Å². The van der Waals surface area contributed by atoms with Crippen LogP contribution in [0.4, 0.5) is 0 Å². The molecule has 6 nitrogen and oxygen atoms in total. The van der Waals surface area contributed by atoms with Crippen molar-refractivity contribution >= 4 is 15.9 Å². The van der Waals surface area contributed by atoms with Gasteiger partial charge in [-0.15, -0.1) is 0 Å². The average molecular weight is 381 g/mol. The first-order valence-electron chi connectivity index (χ1n) is 9.31. The van der Waals surface area contributed by atoms with Crippen molar-refractivity contribution in [1.29, 1.82) is 0 Å². The van der Waals surface area contributed by atoms with E-state index in [1.807, 2.05) is 7.05 Å². The van der Waals surface area contributed by atoms with Gasteiger partial charge >= 0.3 is 0 Å². The van der Waals surface area contributed by atoms with Gasteiger partial charge in [-0.2, -0.15) is 0 Å². The Bertz CT molecular complexity index is 774. The van der Waals surface area contributed by atoms with Gasteiger partial charge in [0.1, 0.15) is 10.6 Å². The van der Waals surface area contributed by atoms with Gasteiger partial charge in [-0.1, -0.05) is 19.8 Å². The van der Waals surface area contributed by atoms with Crippen LogP contribution in [0, 0.1) is 5.92 Å². The normalized spacial score (nSPS) is 23.5. The fraction of sp³-hybridized carbons (Fsp3) is 0.632. The molecule has 0 saturated heterocycles. The summed E-state index contributed by atoms with van der Waals surface area (Å²) in [5.74, 6) is 0.563. The number of carbonyl (C=O) groups excluding carboxylic acids is 1. The Kier molecular flexibility index (Phi) is 5.58. The molecule has 1 N–H and O–H groups in total. The lowest BCUT2D eigenvalue weighted by Crippen LogP contribution is -2.42. The largest absolute Gasteiger partial charge is 0.495 e. The van der Waals surface area contributed by atoms with Gasteiger partial charge in [-0.05, 0) is 49.8 Å². The van der Waals surface area contributed by atoms with Crippen molar-refractivity contribution in [3.05, 3.63) is 23.8 Å². The number of ether oxygens (including phenoxy) is 1. The maximum absolute atomic E-state index is 13.0. The topological polar surface area (TPSA) is 75.7 Å². The smallest absolute Gasteiger partial charge is 0.253 e. The average Bonchev–Trinajstić information content (AvgIpc) is 3.43. The fourth-order valence-corrected chi connectivity index (χ4v) is 5.23. The third kappa shape index (κ3) is 4.04. The molecule has 144 valence electrons. The molecule has 1 aromatic carbocycles. The second-order valence-electron chi connectivity index (χ2n) is 7.51. The van der Waals surface area contributed by atoms with E-state index in [2.05, 4.69) is 11.6 Å². The van der Waals surface area contributed by atoms with Crippen molar-refractivity contribution < 1.29 is 17.9 Å². The fourth-order valence-electron chi connectivity index (χ4n) is 3.73. The highest BCUT2D eigenvalue weighted by Crippen LogP contribution is 2.31. The molecule has 3 rings (SSSR count). The van der Waals surface area contributed by atoms with Crippen LogP contribution in [0.5, 0.6) is 5.75 Å². The number of hydrogen-bond acceptors (Lipinski definition) is 4. The summed E-state index contributed by atoms with van der Waals surface area (Å²) in [6.45, 7) is 2.18. The van der Waals surface area contributed by atoms with Gasteiger partial charge in [0, 0.05) is 24.7 Å². The number of nitrogens with one attached hydrogen (secondary N) is 1. The standard InChI is InChI=1S/C19H28N2O4S/c1-13-6-4-5-7-16(13)21(2)19(22)14-8-11-17(25-3)18(12-14)26(23,24)20-15-9-10-15/h8,11-13,15-16,20H,4-7,9-10H2,1-3H3. The lowest BCUT2D eigenvalue weighted by molar-refractivity contribution is 0.0628. The van der Waals surface area contributed by atoms with Crippen LogP contribution in [0.2, 0.25) is 0 Å². The highest BCUT2D eigenvalue weighted by atomic mass is 32.2. The molecule has 0 radical (unpaired) electrons. The number of methoxy groups -OCH3 is 1. The number of carbonyl (C=O) groups is 1. The zero-order chi connectivity index (χ0) is 18.9. The lowest BCUT2D eigenvalue weighted by atomic mass is 9.85. The summed E-state index contributed by atoms with van der Waals surface area (Å²) in [4.78, 5) is 14.8. The van der Waals surface area contributed by atoms with Gasteiger partial charge in [0.15, 0.2) is 0 Å². The third-order valence-corrected chi connectivity index (χ3v) is 7.02. The minimum absolute atomic E-state index is 0.00479. The Labute approximate surface area is 156 Å². The van der Waals surface area contributed by atoms with E-state index < -0.39 is 10.0 Å². The third-order valence-electron chi connectivity index (χ3n) is 5.48. The molecule has 2 aliphatic rings. The maximum atomic E-state index is 13.0. The molecule has 2 atom stereocenters. The molecule has 0 aliphatic heterocycles. The molecular weight excluding hydrogens is 352 g/mol. The number of benzene rings is 1. The van der Waals surface area contributed by atoms with Crippen molar-refractivity contribution in [3.63, 3.8) is 0 Å². The highest BCUT2D eigenvalue weighted by molar-refractivity contribution is 7.89. The van der Waals surface area contributed by atoms with Crippen molar-refractivity contribution in [2.24, 2.45) is 5.92 Å². The molecule has 2 fully saturated rings. The van der Waals surface area contributed by atoms with Gasteiger partial charge in [-0.25, -0.2) is 13.1 Å². The van der Waals surface area contributed by atoms with E-state index in [4.69, 9.17) is 4.74 Å². The van der Waals surface area contributed by atoms with Crippen molar-refractivity contribution in [3.8, 4) is 5.75 Å². The minimum atomic E-state index is -3.70. The number of hydrogen-bond donors (Lipinski definition) is 1. The number of sulfonamides is 1. The lowest BCUT2D eigenvalue weighted by Gasteiger charge is -2.36. The first kappa shape index (κ1) is 19.2. The van der Waals surface area contributed by atoms with Crippen LogP contribution in [0.25, 0.3) is 0 Å². The first-order valence-corrected chi connectivity index (χ1v) is 10.8. The predicted octanol–water partition coefficient (Wildman–Crippen LogP) is 2.79. The zero-order valence-corrected chi connectivity index (χ0v) is 16.5. The van der Waals surface area contributed by atoms with E-state index in [0.717, 1.165) is 32.1 Å². The summed E-state index contributed by atoms with van der Waals surface area (Å²) in [5.41, 5.74) is 0.377. The first-order chi connectivity index (χ1) is 12.3. The Hall–Kier alpha value is -1.60. The molecule has 2 unspecified atom stereocenters. The number of nitrogens with zero attached hydrogens (tertiary/aromatic N) is 1. The summed E-state index contributed by atoms with van der Waals surface area (Å²) in [5, 5.41) is 0.